The lowest BCUT2D eigenvalue weighted by Gasteiger charge is -2.42. The molecule has 2 atom stereocenters. The van der Waals surface area contributed by atoms with Gasteiger partial charge in [-0.1, -0.05) is 51.1 Å². The molecule has 0 bridgehead atoms. The van der Waals surface area contributed by atoms with E-state index in [-0.39, 0.29) is 11.0 Å². The molecule has 0 spiro atoms. The maximum Gasteiger partial charge on any atom is 0.338 e. The Hall–Kier alpha value is -1.53. The van der Waals surface area contributed by atoms with Gasteiger partial charge in [-0.2, -0.15) is 10.2 Å². The average molecular weight is 349 g/mol. The Balaban J connectivity index is 2.52. The van der Waals surface area contributed by atoms with Gasteiger partial charge < -0.3 is 9.16 Å². The minimum absolute atomic E-state index is 0.0209. The Bertz CT molecular complexity index is 610. The lowest BCUT2D eigenvalue weighted by atomic mass is 9.86. The van der Waals surface area contributed by atoms with Crippen LogP contribution in [0.1, 0.15) is 38.9 Å². The second kappa shape index (κ2) is 6.76. The number of rotatable bonds is 5. The molecule has 1 aliphatic heterocycles. The van der Waals surface area contributed by atoms with Crippen molar-refractivity contribution >= 4 is 14.3 Å². The normalized spacial score (nSPS) is 22.4. The minimum atomic E-state index is -2.13. The molecule has 1 aromatic rings. The zero-order chi connectivity index (χ0) is 18.0. The van der Waals surface area contributed by atoms with Crippen LogP contribution in [0.4, 0.5) is 0 Å². The Kier molecular flexibility index (Phi) is 5.30. The third-order valence-corrected chi connectivity index (χ3v) is 9.57. The highest BCUT2D eigenvalue weighted by Gasteiger charge is 2.54. The third-order valence-electron chi connectivity index (χ3n) is 5.14. The molecule has 5 nitrogen and oxygen atoms in total. The number of methoxy groups -OCH3 is 1. The summed E-state index contributed by atoms with van der Waals surface area (Å²) in [6.07, 6.45) is 0.0201. The van der Waals surface area contributed by atoms with Gasteiger partial charge in [0, 0.05) is 6.42 Å². The van der Waals surface area contributed by atoms with E-state index in [1.54, 1.807) is 0 Å². The number of esters is 1. The van der Waals surface area contributed by atoms with Crippen LogP contribution in [0.3, 0.4) is 0 Å². The van der Waals surface area contributed by atoms with Gasteiger partial charge in [0.05, 0.1) is 13.7 Å². The predicted octanol–water partition coefficient (Wildman–Crippen LogP) is 4.52. The van der Waals surface area contributed by atoms with Gasteiger partial charge in [-0.3, -0.25) is 0 Å². The third kappa shape index (κ3) is 3.44. The van der Waals surface area contributed by atoms with E-state index in [0.717, 1.165) is 5.56 Å². The summed E-state index contributed by atoms with van der Waals surface area (Å²) in [4.78, 5) is 12.6. The van der Waals surface area contributed by atoms with Gasteiger partial charge >= 0.3 is 5.97 Å². The molecule has 6 heteroatoms. The number of nitrogens with zero attached hydrogens (tertiary/aromatic N) is 2. The summed E-state index contributed by atoms with van der Waals surface area (Å²) in [6.45, 7) is 11.4. The van der Waals surface area contributed by atoms with E-state index in [1.165, 1.54) is 7.11 Å². The van der Waals surface area contributed by atoms with Crippen molar-refractivity contribution in [2.24, 2.45) is 10.2 Å². The number of ether oxygens (including phenoxy) is 1. The fourth-order valence-electron chi connectivity index (χ4n) is 2.60. The molecule has 0 radical (unpaired) electrons. The zero-order valence-corrected chi connectivity index (χ0v) is 16.5. The molecule has 0 aromatic heterocycles. The molecule has 132 valence electrons. The number of benzene rings is 1. The first kappa shape index (κ1) is 18.8. The Morgan fingerprint density at radius 3 is 2.33 bits per heavy atom. The highest BCUT2D eigenvalue weighted by atomic mass is 28.4. The minimum Gasteiger partial charge on any atom is -0.467 e. The summed E-state index contributed by atoms with van der Waals surface area (Å²) in [5, 5.41) is 8.45. The topological polar surface area (TPSA) is 60.2 Å². The fraction of sp³-hybridized carbons (Fsp3) is 0.611. The van der Waals surface area contributed by atoms with Gasteiger partial charge in [0.15, 0.2) is 8.32 Å². The van der Waals surface area contributed by atoms with Crippen LogP contribution < -0.4 is 0 Å². The summed E-state index contributed by atoms with van der Waals surface area (Å²) in [6, 6.07) is 9.82. The molecular weight excluding hydrogens is 320 g/mol. The summed E-state index contributed by atoms with van der Waals surface area (Å²) in [5.74, 6) is -0.378. The summed E-state index contributed by atoms with van der Waals surface area (Å²) >= 11 is 0. The molecule has 2 rings (SSSR count). The Morgan fingerprint density at radius 1 is 1.25 bits per heavy atom. The smallest absolute Gasteiger partial charge is 0.338 e. The van der Waals surface area contributed by atoms with Crippen LogP contribution in [0.15, 0.2) is 40.6 Å². The Morgan fingerprint density at radius 2 is 1.88 bits per heavy atom. The second-order valence-corrected chi connectivity index (χ2v) is 12.6. The fourth-order valence-corrected chi connectivity index (χ4v) is 3.87. The lowest BCUT2D eigenvalue weighted by molar-refractivity contribution is -0.151. The molecule has 24 heavy (non-hydrogen) atoms. The molecule has 0 N–H and O–H groups in total. The SMILES string of the molecule is COC(=O)[C@]1([C@@H](O[Si](C)(C)C(C)(C)C)c2ccccc2)CCN=N1. The van der Waals surface area contributed by atoms with Crippen LogP contribution in [-0.4, -0.2) is 33.5 Å². The molecule has 1 heterocycles. The summed E-state index contributed by atoms with van der Waals surface area (Å²) in [7, 11) is -0.738. The van der Waals surface area contributed by atoms with Crippen molar-refractivity contribution in [3.8, 4) is 0 Å². The van der Waals surface area contributed by atoms with Crippen molar-refractivity contribution in [3.63, 3.8) is 0 Å². The number of carbonyl (C=O) groups is 1. The van der Waals surface area contributed by atoms with Gasteiger partial charge in [0.2, 0.25) is 5.54 Å². The molecule has 0 aliphatic carbocycles. The largest absolute Gasteiger partial charge is 0.467 e. The summed E-state index contributed by atoms with van der Waals surface area (Å²) in [5.41, 5.74) is -0.153. The van der Waals surface area contributed by atoms with Crippen LogP contribution in [0.25, 0.3) is 0 Å². The maximum atomic E-state index is 12.6. The molecule has 0 saturated carbocycles. The van der Waals surface area contributed by atoms with Crippen molar-refractivity contribution < 1.29 is 14.0 Å². The van der Waals surface area contributed by atoms with E-state index >= 15 is 0 Å². The van der Waals surface area contributed by atoms with Gasteiger partial charge in [0.25, 0.3) is 0 Å². The highest BCUT2D eigenvalue weighted by Crippen LogP contribution is 2.46. The Labute approximate surface area is 145 Å². The molecule has 0 fully saturated rings. The first-order valence-electron chi connectivity index (χ1n) is 8.34. The zero-order valence-electron chi connectivity index (χ0n) is 15.5. The number of carbonyl (C=O) groups excluding carboxylic acids is 1. The number of hydrogen-bond acceptors (Lipinski definition) is 5. The van der Waals surface area contributed by atoms with Gasteiger partial charge in [-0.05, 0) is 23.7 Å². The van der Waals surface area contributed by atoms with Gasteiger partial charge in [0.1, 0.15) is 6.10 Å². The van der Waals surface area contributed by atoms with E-state index in [0.29, 0.717) is 13.0 Å². The van der Waals surface area contributed by atoms with E-state index in [4.69, 9.17) is 9.16 Å². The molecule has 1 aliphatic rings. The molecule has 0 unspecified atom stereocenters. The summed E-state index contributed by atoms with van der Waals surface area (Å²) < 4.78 is 11.8. The maximum absolute atomic E-state index is 12.6. The standard InChI is InChI=1S/C18H28N2O3Si/c1-17(2,3)24(5,6)23-15(14-10-8-7-9-11-14)18(16(21)22-4)12-13-19-20-18/h7-11,15H,12-13H2,1-6H3/t15-,18+/m0/s1. The van der Waals surface area contributed by atoms with Crippen molar-refractivity contribution in [3.05, 3.63) is 35.9 Å². The average Bonchev–Trinajstić information content (AvgIpc) is 3.02. The monoisotopic (exact) mass is 348 g/mol. The second-order valence-electron chi connectivity index (χ2n) is 7.80. The van der Waals surface area contributed by atoms with Crippen LogP contribution in [0.5, 0.6) is 0 Å². The molecule has 0 saturated heterocycles. The predicted molar refractivity (Wildman–Crippen MR) is 96.6 cm³/mol. The molecule has 1 aromatic carbocycles. The van der Waals surface area contributed by atoms with E-state index in [2.05, 4.69) is 44.1 Å². The highest BCUT2D eigenvalue weighted by molar-refractivity contribution is 6.74. The van der Waals surface area contributed by atoms with Crippen LogP contribution >= 0.6 is 0 Å². The first-order valence-corrected chi connectivity index (χ1v) is 11.2. The van der Waals surface area contributed by atoms with Gasteiger partial charge in [-0.25, -0.2) is 4.79 Å². The van der Waals surface area contributed by atoms with Crippen molar-refractivity contribution in [2.45, 2.75) is 57.0 Å². The van der Waals surface area contributed by atoms with Gasteiger partial charge in [-0.15, -0.1) is 0 Å². The van der Waals surface area contributed by atoms with Crippen LogP contribution in [0, 0.1) is 0 Å². The quantitative estimate of drug-likeness (QED) is 0.581. The van der Waals surface area contributed by atoms with Crippen LogP contribution in [-0.2, 0) is 14.0 Å². The van der Waals surface area contributed by atoms with Crippen molar-refractivity contribution in [1.29, 1.82) is 0 Å². The number of hydrogen-bond donors (Lipinski definition) is 0. The van der Waals surface area contributed by atoms with Crippen molar-refractivity contribution in [2.75, 3.05) is 13.7 Å². The molecule has 0 amide bonds. The molecular formula is C18H28N2O3Si. The van der Waals surface area contributed by atoms with Crippen LogP contribution in [0.2, 0.25) is 18.1 Å². The van der Waals surface area contributed by atoms with E-state index in [9.17, 15) is 4.79 Å². The number of azo groups is 1. The van der Waals surface area contributed by atoms with E-state index in [1.807, 2.05) is 30.3 Å². The lowest BCUT2D eigenvalue weighted by Crippen LogP contribution is -2.50. The first-order chi connectivity index (χ1) is 11.1. The van der Waals surface area contributed by atoms with Crippen molar-refractivity contribution in [1.82, 2.24) is 0 Å². The van der Waals surface area contributed by atoms with E-state index < -0.39 is 20.0 Å².